The Morgan fingerprint density at radius 1 is 1.14 bits per heavy atom. The van der Waals surface area contributed by atoms with E-state index in [9.17, 15) is 0 Å². The second kappa shape index (κ2) is 1.22. The van der Waals surface area contributed by atoms with Crippen LogP contribution in [-0.2, 0) is 0 Å². The zero-order valence-corrected chi connectivity index (χ0v) is 4.85. The molecule has 0 bridgehead atoms. The van der Waals surface area contributed by atoms with Crippen LogP contribution in [0.15, 0.2) is 0 Å². The van der Waals surface area contributed by atoms with Gasteiger partial charge in [0.15, 0.2) is 0 Å². The zero-order chi connectivity index (χ0) is 4.15. The zero-order valence-electron chi connectivity index (χ0n) is 4.85. The maximum Gasteiger partial charge on any atom is -0.0355 e. The van der Waals surface area contributed by atoms with Crippen molar-refractivity contribution in [3.8, 4) is 0 Å². The van der Waals surface area contributed by atoms with E-state index in [1.807, 2.05) is 0 Å². The molecule has 0 spiro atoms. The lowest BCUT2D eigenvalue weighted by Gasteiger charge is -2.04. The first-order chi connectivity index (χ1) is 2.89. The molecule has 2 saturated carbocycles. The van der Waals surface area contributed by atoms with E-state index in [0.29, 0.717) is 0 Å². The smallest absolute Gasteiger partial charge is 0.0355 e. The Morgan fingerprint density at radius 2 is 1.57 bits per heavy atom. The third kappa shape index (κ3) is 0.418. The average Bonchev–Trinajstić information content (AvgIpc) is 1.63. The van der Waals surface area contributed by atoms with Gasteiger partial charge in [-0.25, -0.2) is 0 Å². The molecule has 0 radical (unpaired) electrons. The molecule has 7 heavy (non-hydrogen) atoms. The number of fused-ring (bicyclic) bond motifs is 1. The Bertz CT molecular complexity index is 63.5. The van der Waals surface area contributed by atoms with Crippen LogP contribution in [0.25, 0.3) is 0 Å². The monoisotopic (exact) mass is 99.1 g/mol. The minimum absolute atomic E-state index is 0. The van der Waals surface area contributed by atoms with Gasteiger partial charge in [0.25, 0.3) is 0 Å². The first-order valence-corrected chi connectivity index (χ1v) is 2.89. The molecule has 0 aromatic carbocycles. The molecule has 2 rings (SSSR count). The lowest BCUT2D eigenvalue weighted by Crippen LogP contribution is -1.93. The summed E-state index contributed by atoms with van der Waals surface area (Å²) in [6.45, 7) is 2.38. The highest BCUT2D eigenvalue weighted by atomic mass is 14.6. The second-order valence-electron chi connectivity index (χ2n) is 2.76. The summed E-state index contributed by atoms with van der Waals surface area (Å²) in [6.07, 6.45) is 3.09. The van der Waals surface area contributed by atoms with Crippen LogP contribution in [0.2, 0.25) is 0 Å². The molecule has 3 N–H and O–H groups in total. The van der Waals surface area contributed by atoms with Crippen LogP contribution in [0.4, 0.5) is 0 Å². The van der Waals surface area contributed by atoms with Crippen molar-refractivity contribution in [3.05, 3.63) is 0 Å². The largest absolute Gasteiger partial charge is 0.344 e. The van der Waals surface area contributed by atoms with E-state index < -0.39 is 0 Å². The molecule has 2 aliphatic carbocycles. The molecule has 42 valence electrons. The SMILES string of the molecule is CC1C2CCC12.N. The van der Waals surface area contributed by atoms with E-state index in [1.54, 1.807) is 12.8 Å². The molecule has 0 aromatic heterocycles. The van der Waals surface area contributed by atoms with Gasteiger partial charge in [-0.2, -0.15) is 0 Å². The normalized spacial score (nSPS) is 53.6. The number of hydrogen-bond acceptors (Lipinski definition) is 1. The Kier molecular flexibility index (Phi) is 0.890. The minimum Gasteiger partial charge on any atom is -0.344 e. The van der Waals surface area contributed by atoms with Crippen LogP contribution < -0.4 is 6.15 Å². The molecular weight excluding hydrogens is 86.1 g/mol. The van der Waals surface area contributed by atoms with E-state index in [-0.39, 0.29) is 6.15 Å². The molecule has 0 amide bonds. The highest BCUT2D eigenvalue weighted by molar-refractivity contribution is 5.01. The van der Waals surface area contributed by atoms with E-state index in [4.69, 9.17) is 0 Å². The summed E-state index contributed by atoms with van der Waals surface area (Å²) in [5, 5.41) is 0. The van der Waals surface area contributed by atoms with Gasteiger partial charge in [-0.05, 0) is 30.6 Å². The standard InChI is InChI=1S/C6H10.H3N/c1-4-5-2-3-6(4)5;/h4-6H,2-3H2,1H3;1H3. The molecule has 0 saturated heterocycles. The molecule has 0 aromatic rings. The predicted octanol–water partition coefficient (Wildman–Crippen LogP) is 1.82. The topological polar surface area (TPSA) is 35.0 Å². The highest BCUT2D eigenvalue weighted by Crippen LogP contribution is 2.60. The maximum atomic E-state index is 2.38. The molecule has 2 aliphatic rings. The van der Waals surface area contributed by atoms with Crippen molar-refractivity contribution in [2.45, 2.75) is 19.8 Å². The molecule has 2 unspecified atom stereocenters. The van der Waals surface area contributed by atoms with E-state index in [2.05, 4.69) is 6.92 Å². The van der Waals surface area contributed by atoms with Crippen molar-refractivity contribution in [1.29, 1.82) is 0 Å². The maximum absolute atomic E-state index is 2.38. The molecule has 2 fully saturated rings. The summed E-state index contributed by atoms with van der Waals surface area (Å²) in [4.78, 5) is 0. The van der Waals surface area contributed by atoms with Crippen LogP contribution in [0.5, 0.6) is 0 Å². The Labute approximate surface area is 44.7 Å². The quantitative estimate of drug-likeness (QED) is 0.494. The fourth-order valence-corrected chi connectivity index (χ4v) is 1.71. The van der Waals surface area contributed by atoms with Crippen LogP contribution in [-0.4, -0.2) is 0 Å². The summed E-state index contributed by atoms with van der Waals surface area (Å²) in [5.74, 6) is 3.53. The third-order valence-corrected chi connectivity index (χ3v) is 2.59. The Hall–Kier alpha value is -0.0400. The van der Waals surface area contributed by atoms with E-state index in [0.717, 1.165) is 5.92 Å². The molecule has 1 nitrogen and oxygen atoms in total. The van der Waals surface area contributed by atoms with Crippen molar-refractivity contribution < 1.29 is 0 Å². The molecular formula is C6H13N. The van der Waals surface area contributed by atoms with Gasteiger partial charge < -0.3 is 6.15 Å². The molecule has 2 atom stereocenters. The van der Waals surface area contributed by atoms with Crippen molar-refractivity contribution in [3.63, 3.8) is 0 Å². The van der Waals surface area contributed by atoms with Gasteiger partial charge in [0.1, 0.15) is 0 Å². The minimum atomic E-state index is 0. The summed E-state index contributed by atoms with van der Waals surface area (Å²) >= 11 is 0. The van der Waals surface area contributed by atoms with Crippen molar-refractivity contribution in [1.82, 2.24) is 6.15 Å². The average molecular weight is 99.2 g/mol. The van der Waals surface area contributed by atoms with Crippen molar-refractivity contribution in [2.24, 2.45) is 17.8 Å². The first-order valence-electron chi connectivity index (χ1n) is 2.89. The van der Waals surface area contributed by atoms with Crippen LogP contribution in [0.1, 0.15) is 19.8 Å². The molecule has 1 heteroatoms. The van der Waals surface area contributed by atoms with Gasteiger partial charge in [-0.15, -0.1) is 0 Å². The van der Waals surface area contributed by atoms with Crippen LogP contribution >= 0.6 is 0 Å². The summed E-state index contributed by atoms with van der Waals surface area (Å²) in [6, 6.07) is 0. The third-order valence-electron chi connectivity index (χ3n) is 2.59. The van der Waals surface area contributed by atoms with Gasteiger partial charge in [-0.1, -0.05) is 6.92 Å². The van der Waals surface area contributed by atoms with Gasteiger partial charge in [0.05, 0.1) is 0 Å². The van der Waals surface area contributed by atoms with Crippen LogP contribution in [0.3, 0.4) is 0 Å². The van der Waals surface area contributed by atoms with Gasteiger partial charge in [0, 0.05) is 0 Å². The first kappa shape index (κ1) is 5.10. The van der Waals surface area contributed by atoms with Crippen molar-refractivity contribution in [2.75, 3.05) is 0 Å². The van der Waals surface area contributed by atoms with E-state index in [1.165, 1.54) is 11.8 Å². The number of rotatable bonds is 0. The van der Waals surface area contributed by atoms with Crippen molar-refractivity contribution >= 4 is 0 Å². The lowest BCUT2D eigenvalue weighted by molar-refractivity contribution is 0.468. The fraction of sp³-hybridized carbons (Fsp3) is 1.00. The van der Waals surface area contributed by atoms with Gasteiger partial charge >= 0.3 is 0 Å². The predicted molar refractivity (Wildman–Crippen MR) is 30.4 cm³/mol. The summed E-state index contributed by atoms with van der Waals surface area (Å²) < 4.78 is 0. The number of hydrogen-bond donors (Lipinski definition) is 1. The fourth-order valence-electron chi connectivity index (χ4n) is 1.71. The highest BCUT2D eigenvalue weighted by Gasteiger charge is 2.52. The Morgan fingerprint density at radius 3 is 1.57 bits per heavy atom. The lowest BCUT2D eigenvalue weighted by atomic mass is 10.0. The van der Waals surface area contributed by atoms with Gasteiger partial charge in [0.2, 0.25) is 0 Å². The Balaban J connectivity index is 0.000000245. The molecule has 0 aliphatic heterocycles. The summed E-state index contributed by atoms with van der Waals surface area (Å²) in [7, 11) is 0. The van der Waals surface area contributed by atoms with Crippen LogP contribution in [0, 0.1) is 17.8 Å². The summed E-state index contributed by atoms with van der Waals surface area (Å²) in [5.41, 5.74) is 0. The van der Waals surface area contributed by atoms with Gasteiger partial charge in [-0.3, -0.25) is 0 Å². The second-order valence-corrected chi connectivity index (χ2v) is 2.76. The molecule has 0 heterocycles. The van der Waals surface area contributed by atoms with E-state index >= 15 is 0 Å².